The number of aliphatic hydroxyl groups is 1. The highest BCUT2D eigenvalue weighted by Gasteiger charge is 2.57. The standard InChI is InChI=1S/C31H39ClO/c1-20(6-7-21-8-10-22(32)11-9-21)24-13-14-25-23-12-15-27-29(2,3)28(33)17-19-31(27,5)26(23)16-18-30(24,25)4/h8-11,14,20,24,27-28,33H,12-13,15-19H2,1-5H3/t20-,24-,27+,28+,30-,31-/m1/s1. The molecule has 0 amide bonds. The molecular formula is C31H39ClO. The number of hydrogen-bond donors (Lipinski definition) is 1. The summed E-state index contributed by atoms with van der Waals surface area (Å²) in [5.41, 5.74) is 6.61. The molecule has 5 rings (SSSR count). The van der Waals surface area contributed by atoms with Crippen molar-refractivity contribution in [2.45, 2.75) is 85.7 Å². The Morgan fingerprint density at radius 1 is 1.00 bits per heavy atom. The molecule has 0 aromatic heterocycles. The van der Waals surface area contributed by atoms with Crippen LogP contribution in [0.4, 0.5) is 0 Å². The SMILES string of the molecule is C[C@H](C#Cc1ccc(Cl)cc1)[C@H]1CC=C2C3=C(CC[C@@]21C)[C@@]1(C)CC[C@H](O)C(C)(C)[C@@H]1CC3. The molecule has 0 bridgehead atoms. The number of rotatable bonds is 1. The van der Waals surface area contributed by atoms with Gasteiger partial charge in [0.25, 0.3) is 0 Å². The molecule has 0 aliphatic heterocycles. The Hall–Kier alpha value is -1.49. The first-order chi connectivity index (χ1) is 15.6. The maximum atomic E-state index is 10.8. The fraction of sp³-hybridized carbons (Fsp3) is 0.613. The van der Waals surface area contributed by atoms with Crippen LogP contribution in [0.5, 0.6) is 0 Å². The Bertz CT molecular complexity index is 1060. The molecule has 0 saturated heterocycles. The predicted octanol–water partition coefficient (Wildman–Crippen LogP) is 7.97. The summed E-state index contributed by atoms with van der Waals surface area (Å²) in [6.45, 7) is 12.0. The van der Waals surface area contributed by atoms with Gasteiger partial charge < -0.3 is 5.11 Å². The van der Waals surface area contributed by atoms with Crippen molar-refractivity contribution in [3.8, 4) is 11.8 Å². The van der Waals surface area contributed by atoms with E-state index in [1.54, 1.807) is 16.7 Å². The van der Waals surface area contributed by atoms with Gasteiger partial charge in [0.2, 0.25) is 0 Å². The minimum Gasteiger partial charge on any atom is -0.393 e. The van der Waals surface area contributed by atoms with E-state index in [9.17, 15) is 5.11 Å². The second-order valence-corrected chi connectivity index (χ2v) is 12.7. The van der Waals surface area contributed by atoms with Crippen LogP contribution in [0.1, 0.15) is 85.1 Å². The van der Waals surface area contributed by atoms with Crippen LogP contribution in [0.3, 0.4) is 0 Å². The lowest BCUT2D eigenvalue weighted by Crippen LogP contribution is -2.53. The summed E-state index contributed by atoms with van der Waals surface area (Å²) in [4.78, 5) is 0. The van der Waals surface area contributed by atoms with Gasteiger partial charge in [0.15, 0.2) is 0 Å². The minimum atomic E-state index is -0.165. The van der Waals surface area contributed by atoms with E-state index in [0.717, 1.165) is 29.8 Å². The second kappa shape index (κ2) is 8.03. The van der Waals surface area contributed by atoms with Crippen molar-refractivity contribution in [2.24, 2.45) is 34.0 Å². The van der Waals surface area contributed by atoms with Gasteiger partial charge in [0.05, 0.1) is 6.10 Å². The van der Waals surface area contributed by atoms with Crippen LogP contribution in [0.15, 0.2) is 47.1 Å². The third-order valence-electron chi connectivity index (χ3n) is 10.3. The van der Waals surface area contributed by atoms with Crippen molar-refractivity contribution >= 4 is 11.6 Å². The van der Waals surface area contributed by atoms with E-state index in [4.69, 9.17) is 11.6 Å². The molecule has 1 aromatic rings. The molecule has 2 heteroatoms. The van der Waals surface area contributed by atoms with E-state index in [0.29, 0.717) is 17.8 Å². The molecule has 0 spiro atoms. The normalized spacial score (nSPS) is 37.8. The zero-order chi connectivity index (χ0) is 23.6. The van der Waals surface area contributed by atoms with Gasteiger partial charge in [0, 0.05) is 16.5 Å². The van der Waals surface area contributed by atoms with Gasteiger partial charge >= 0.3 is 0 Å². The Labute approximate surface area is 205 Å². The van der Waals surface area contributed by atoms with E-state index in [2.05, 4.69) is 52.5 Å². The van der Waals surface area contributed by atoms with Crippen molar-refractivity contribution in [3.63, 3.8) is 0 Å². The maximum Gasteiger partial charge on any atom is 0.0594 e. The van der Waals surface area contributed by atoms with Crippen molar-refractivity contribution in [2.75, 3.05) is 0 Å². The molecular weight excluding hydrogens is 424 g/mol. The smallest absolute Gasteiger partial charge is 0.0594 e. The third-order valence-corrected chi connectivity index (χ3v) is 10.6. The summed E-state index contributed by atoms with van der Waals surface area (Å²) in [6, 6.07) is 7.87. The van der Waals surface area contributed by atoms with Crippen LogP contribution in [0, 0.1) is 45.8 Å². The van der Waals surface area contributed by atoms with Crippen molar-refractivity contribution < 1.29 is 5.11 Å². The molecule has 176 valence electrons. The van der Waals surface area contributed by atoms with E-state index >= 15 is 0 Å². The number of halogens is 1. The van der Waals surface area contributed by atoms with Crippen LogP contribution >= 0.6 is 11.6 Å². The lowest BCUT2D eigenvalue weighted by molar-refractivity contribution is -0.0904. The number of allylic oxidation sites excluding steroid dienone is 4. The van der Waals surface area contributed by atoms with Gasteiger partial charge in [-0.1, -0.05) is 69.7 Å². The summed E-state index contributed by atoms with van der Waals surface area (Å²) < 4.78 is 0. The highest BCUT2D eigenvalue weighted by Crippen LogP contribution is 2.66. The molecule has 0 unspecified atom stereocenters. The molecule has 1 saturated carbocycles. The first kappa shape index (κ1) is 23.3. The van der Waals surface area contributed by atoms with Gasteiger partial charge in [-0.05, 0) is 108 Å². The second-order valence-electron chi connectivity index (χ2n) is 12.3. The van der Waals surface area contributed by atoms with Crippen LogP contribution in [-0.2, 0) is 0 Å². The predicted molar refractivity (Wildman–Crippen MR) is 138 cm³/mol. The average molecular weight is 463 g/mol. The summed E-state index contributed by atoms with van der Waals surface area (Å²) in [6.07, 6.45) is 10.5. The molecule has 0 radical (unpaired) electrons. The van der Waals surface area contributed by atoms with Crippen molar-refractivity contribution in [3.05, 3.63) is 57.6 Å². The molecule has 1 N–H and O–H groups in total. The lowest BCUT2D eigenvalue weighted by atomic mass is 9.46. The largest absolute Gasteiger partial charge is 0.393 e. The van der Waals surface area contributed by atoms with Gasteiger partial charge in [0.1, 0.15) is 0 Å². The average Bonchev–Trinajstić information content (AvgIpc) is 3.13. The summed E-state index contributed by atoms with van der Waals surface area (Å²) >= 11 is 6.03. The van der Waals surface area contributed by atoms with Crippen LogP contribution in [0.25, 0.3) is 0 Å². The zero-order valence-electron chi connectivity index (χ0n) is 21.0. The van der Waals surface area contributed by atoms with Crippen molar-refractivity contribution in [1.29, 1.82) is 0 Å². The van der Waals surface area contributed by atoms with Crippen LogP contribution < -0.4 is 0 Å². The summed E-state index contributed by atoms with van der Waals surface area (Å²) in [5.74, 6) is 8.52. The quantitative estimate of drug-likeness (QED) is 0.419. The van der Waals surface area contributed by atoms with E-state index < -0.39 is 0 Å². The number of benzene rings is 1. The molecule has 1 aromatic carbocycles. The van der Waals surface area contributed by atoms with Gasteiger partial charge in [-0.25, -0.2) is 0 Å². The topological polar surface area (TPSA) is 20.2 Å². The molecule has 0 heterocycles. The van der Waals surface area contributed by atoms with Crippen LogP contribution in [0.2, 0.25) is 5.02 Å². The van der Waals surface area contributed by atoms with E-state index in [1.165, 1.54) is 25.7 Å². The Morgan fingerprint density at radius 2 is 1.73 bits per heavy atom. The third kappa shape index (κ3) is 3.56. The summed E-state index contributed by atoms with van der Waals surface area (Å²) in [5, 5.41) is 11.5. The minimum absolute atomic E-state index is 0.00461. The molecule has 1 nitrogen and oxygen atoms in total. The lowest BCUT2D eigenvalue weighted by Gasteiger charge is -2.59. The zero-order valence-corrected chi connectivity index (χ0v) is 21.7. The first-order valence-corrected chi connectivity index (χ1v) is 13.3. The van der Waals surface area contributed by atoms with E-state index in [-0.39, 0.29) is 22.3 Å². The Kier molecular flexibility index (Phi) is 5.66. The number of fused-ring (bicyclic) bond motifs is 4. The maximum absolute atomic E-state index is 10.8. The fourth-order valence-electron chi connectivity index (χ4n) is 8.30. The number of aliphatic hydroxyl groups excluding tert-OH is 1. The Balaban J connectivity index is 1.42. The highest BCUT2D eigenvalue weighted by molar-refractivity contribution is 6.30. The van der Waals surface area contributed by atoms with Crippen molar-refractivity contribution in [1.82, 2.24) is 0 Å². The van der Waals surface area contributed by atoms with Gasteiger partial charge in [-0.15, -0.1) is 0 Å². The number of hydrogen-bond acceptors (Lipinski definition) is 1. The molecule has 33 heavy (non-hydrogen) atoms. The highest BCUT2D eigenvalue weighted by atomic mass is 35.5. The monoisotopic (exact) mass is 462 g/mol. The van der Waals surface area contributed by atoms with E-state index in [1.807, 2.05) is 24.3 Å². The fourth-order valence-corrected chi connectivity index (χ4v) is 8.43. The summed E-state index contributed by atoms with van der Waals surface area (Å²) in [7, 11) is 0. The molecule has 1 fully saturated rings. The molecule has 6 atom stereocenters. The molecule has 4 aliphatic rings. The first-order valence-electron chi connectivity index (χ1n) is 13.0. The Morgan fingerprint density at radius 3 is 2.45 bits per heavy atom. The van der Waals surface area contributed by atoms with Crippen LogP contribution in [-0.4, -0.2) is 11.2 Å². The van der Waals surface area contributed by atoms with Gasteiger partial charge in [-0.2, -0.15) is 0 Å². The van der Waals surface area contributed by atoms with Gasteiger partial charge in [-0.3, -0.25) is 0 Å². The molecule has 4 aliphatic carbocycles.